The van der Waals surface area contributed by atoms with Gasteiger partial charge in [-0.3, -0.25) is 4.68 Å². The molecule has 0 aliphatic heterocycles. The zero-order valence-electron chi connectivity index (χ0n) is 14.7. The molecule has 0 amide bonds. The van der Waals surface area contributed by atoms with Gasteiger partial charge in [-0.2, -0.15) is 10.2 Å². The normalized spacial score (nSPS) is 11.2. The maximum atomic E-state index is 5.60. The Balaban J connectivity index is 2.27. The molecule has 7 nitrogen and oxygen atoms in total. The van der Waals surface area contributed by atoms with Crippen LogP contribution in [0.3, 0.4) is 0 Å². The minimum absolute atomic E-state index is 0.252. The van der Waals surface area contributed by atoms with Gasteiger partial charge in [0.2, 0.25) is 5.88 Å². The van der Waals surface area contributed by atoms with E-state index in [1.165, 1.54) is 0 Å². The van der Waals surface area contributed by atoms with E-state index in [1.54, 1.807) is 6.20 Å². The molecule has 0 aliphatic rings. The van der Waals surface area contributed by atoms with Crippen LogP contribution in [0.5, 0.6) is 5.88 Å². The number of fused-ring (bicyclic) bond motifs is 1. The van der Waals surface area contributed by atoms with Gasteiger partial charge in [0.05, 0.1) is 35.4 Å². The Kier molecular flexibility index (Phi) is 4.33. The third-order valence-electron chi connectivity index (χ3n) is 3.82. The number of aromatic nitrogens is 5. The van der Waals surface area contributed by atoms with Gasteiger partial charge in [0.25, 0.3) is 0 Å². The van der Waals surface area contributed by atoms with Gasteiger partial charge >= 0.3 is 0 Å². The van der Waals surface area contributed by atoms with E-state index in [9.17, 15) is 0 Å². The lowest BCUT2D eigenvalue weighted by molar-refractivity contribution is 0.324. The molecule has 0 radical (unpaired) electrons. The molecule has 7 heteroatoms. The van der Waals surface area contributed by atoms with Crippen LogP contribution in [0.25, 0.3) is 22.3 Å². The average Bonchev–Trinajstić information content (AvgIpc) is 2.92. The standard InChI is InChI=1S/C17H22N6O/c1-6-24-17-12(7-8-19-21-17)13-9-14(18-5)16-15(20-13)11(4)22-23(16)10(2)3/h7-10H,6H2,1-5H3,(H,18,20). The Hall–Kier alpha value is -2.70. The van der Waals surface area contributed by atoms with Crippen LogP contribution < -0.4 is 10.1 Å². The highest BCUT2D eigenvalue weighted by Gasteiger charge is 2.18. The SMILES string of the molecule is CCOc1nnccc1-c1cc(NC)c2c(n1)c(C)nn2C(C)C. The number of anilines is 1. The lowest BCUT2D eigenvalue weighted by Crippen LogP contribution is -2.05. The highest BCUT2D eigenvalue weighted by atomic mass is 16.5. The fourth-order valence-electron chi connectivity index (χ4n) is 2.74. The van der Waals surface area contributed by atoms with Crippen LogP contribution in [0.15, 0.2) is 18.3 Å². The van der Waals surface area contributed by atoms with Crippen molar-refractivity contribution >= 4 is 16.7 Å². The minimum atomic E-state index is 0.252. The predicted molar refractivity (Wildman–Crippen MR) is 94.4 cm³/mol. The van der Waals surface area contributed by atoms with E-state index >= 15 is 0 Å². The number of pyridine rings is 1. The Labute approximate surface area is 141 Å². The van der Waals surface area contributed by atoms with Crippen molar-refractivity contribution in [1.29, 1.82) is 0 Å². The highest BCUT2D eigenvalue weighted by molar-refractivity contribution is 5.93. The quantitative estimate of drug-likeness (QED) is 0.775. The van der Waals surface area contributed by atoms with Crippen molar-refractivity contribution in [3.8, 4) is 17.1 Å². The molecule has 0 aliphatic carbocycles. The van der Waals surface area contributed by atoms with Crippen LogP contribution in [-0.4, -0.2) is 38.6 Å². The van der Waals surface area contributed by atoms with Gasteiger partial charge in [0.15, 0.2) is 0 Å². The second-order valence-corrected chi connectivity index (χ2v) is 5.81. The van der Waals surface area contributed by atoms with Crippen molar-refractivity contribution in [3.05, 3.63) is 24.0 Å². The zero-order valence-corrected chi connectivity index (χ0v) is 14.7. The fraction of sp³-hybridized carbons (Fsp3) is 0.412. The van der Waals surface area contributed by atoms with Crippen LogP contribution in [0.4, 0.5) is 5.69 Å². The summed E-state index contributed by atoms with van der Waals surface area (Å²) < 4.78 is 7.60. The number of aryl methyl sites for hydroxylation is 1. The molecule has 24 heavy (non-hydrogen) atoms. The molecule has 0 bridgehead atoms. The highest BCUT2D eigenvalue weighted by Crippen LogP contribution is 2.33. The van der Waals surface area contributed by atoms with Gasteiger partial charge in [-0.05, 0) is 39.8 Å². The van der Waals surface area contributed by atoms with Gasteiger partial charge < -0.3 is 10.1 Å². The van der Waals surface area contributed by atoms with E-state index in [0.717, 1.165) is 33.7 Å². The summed E-state index contributed by atoms with van der Waals surface area (Å²) in [5, 5.41) is 15.9. The van der Waals surface area contributed by atoms with Gasteiger partial charge in [-0.25, -0.2) is 4.98 Å². The number of nitrogens with zero attached hydrogens (tertiary/aromatic N) is 5. The third-order valence-corrected chi connectivity index (χ3v) is 3.82. The molecule has 0 unspecified atom stereocenters. The summed E-state index contributed by atoms with van der Waals surface area (Å²) in [6.07, 6.45) is 1.65. The summed E-state index contributed by atoms with van der Waals surface area (Å²) in [5.74, 6) is 0.489. The Morgan fingerprint density at radius 1 is 1.33 bits per heavy atom. The van der Waals surface area contributed by atoms with Gasteiger partial charge in [-0.15, -0.1) is 5.10 Å². The first kappa shape index (κ1) is 16.2. The first-order chi connectivity index (χ1) is 11.6. The maximum absolute atomic E-state index is 5.60. The first-order valence-electron chi connectivity index (χ1n) is 8.09. The maximum Gasteiger partial charge on any atom is 0.242 e. The van der Waals surface area contributed by atoms with Crippen LogP contribution in [0, 0.1) is 6.92 Å². The number of hydrogen-bond acceptors (Lipinski definition) is 6. The first-order valence-corrected chi connectivity index (χ1v) is 8.09. The van der Waals surface area contributed by atoms with Gasteiger partial charge in [0, 0.05) is 13.1 Å². The van der Waals surface area contributed by atoms with Gasteiger partial charge in [-0.1, -0.05) is 0 Å². The topological polar surface area (TPSA) is 77.8 Å². The van der Waals surface area contributed by atoms with Crippen molar-refractivity contribution < 1.29 is 4.74 Å². The Morgan fingerprint density at radius 3 is 2.79 bits per heavy atom. The molecule has 3 heterocycles. The zero-order chi connectivity index (χ0) is 17.3. The number of hydrogen-bond donors (Lipinski definition) is 1. The molecular weight excluding hydrogens is 304 g/mol. The summed E-state index contributed by atoms with van der Waals surface area (Å²) in [6, 6.07) is 4.12. The fourth-order valence-corrected chi connectivity index (χ4v) is 2.74. The minimum Gasteiger partial charge on any atom is -0.476 e. The van der Waals surface area contributed by atoms with Crippen molar-refractivity contribution in [2.45, 2.75) is 33.7 Å². The van der Waals surface area contributed by atoms with Crippen LogP contribution in [-0.2, 0) is 0 Å². The molecule has 0 fully saturated rings. The number of ether oxygens (including phenoxy) is 1. The van der Waals surface area contributed by atoms with E-state index in [1.807, 2.05) is 37.7 Å². The summed E-state index contributed by atoms with van der Waals surface area (Å²) >= 11 is 0. The smallest absolute Gasteiger partial charge is 0.242 e. The molecule has 0 aromatic carbocycles. The Bertz CT molecular complexity index is 871. The number of rotatable bonds is 5. The lowest BCUT2D eigenvalue weighted by Gasteiger charge is -2.13. The predicted octanol–water partition coefficient (Wildman–Crippen LogP) is 3.22. The summed E-state index contributed by atoms with van der Waals surface area (Å²) in [5.41, 5.74) is 5.37. The summed E-state index contributed by atoms with van der Waals surface area (Å²) in [7, 11) is 1.90. The van der Waals surface area contributed by atoms with Crippen molar-refractivity contribution in [2.75, 3.05) is 19.0 Å². The van der Waals surface area contributed by atoms with E-state index in [4.69, 9.17) is 9.72 Å². The van der Waals surface area contributed by atoms with E-state index in [0.29, 0.717) is 12.5 Å². The largest absolute Gasteiger partial charge is 0.476 e. The molecule has 0 saturated carbocycles. The molecule has 3 rings (SSSR count). The van der Waals surface area contributed by atoms with Crippen LogP contribution >= 0.6 is 0 Å². The molecule has 3 aromatic rings. The van der Waals surface area contributed by atoms with E-state index < -0.39 is 0 Å². The molecular formula is C17H22N6O. The third kappa shape index (κ3) is 2.66. The molecule has 0 atom stereocenters. The van der Waals surface area contributed by atoms with Gasteiger partial charge in [0.1, 0.15) is 11.0 Å². The Morgan fingerprint density at radius 2 is 2.12 bits per heavy atom. The van der Waals surface area contributed by atoms with Crippen molar-refractivity contribution in [2.24, 2.45) is 0 Å². The van der Waals surface area contributed by atoms with Crippen molar-refractivity contribution in [1.82, 2.24) is 25.0 Å². The second kappa shape index (κ2) is 6.43. The summed E-state index contributed by atoms with van der Waals surface area (Å²) in [6.45, 7) is 8.65. The van der Waals surface area contributed by atoms with Crippen molar-refractivity contribution in [3.63, 3.8) is 0 Å². The van der Waals surface area contributed by atoms with Crippen LogP contribution in [0.2, 0.25) is 0 Å². The molecule has 0 spiro atoms. The number of nitrogens with one attached hydrogen (secondary N) is 1. The monoisotopic (exact) mass is 326 g/mol. The molecule has 0 saturated heterocycles. The van der Waals surface area contributed by atoms with Crippen LogP contribution in [0.1, 0.15) is 32.5 Å². The molecule has 3 aromatic heterocycles. The lowest BCUT2D eigenvalue weighted by atomic mass is 10.1. The second-order valence-electron chi connectivity index (χ2n) is 5.81. The molecule has 1 N–H and O–H groups in total. The molecule has 126 valence electrons. The van der Waals surface area contributed by atoms with E-state index in [-0.39, 0.29) is 6.04 Å². The average molecular weight is 326 g/mol. The van der Waals surface area contributed by atoms with E-state index in [2.05, 4.69) is 34.5 Å². The summed E-state index contributed by atoms with van der Waals surface area (Å²) in [4.78, 5) is 4.83.